The quantitative estimate of drug-likeness (QED) is 0.676. The summed E-state index contributed by atoms with van der Waals surface area (Å²) in [7, 11) is -2.77. The summed E-state index contributed by atoms with van der Waals surface area (Å²) < 4.78 is 21.7. The summed E-state index contributed by atoms with van der Waals surface area (Å²) in [5, 5.41) is 3.45. The second kappa shape index (κ2) is 7.56. The van der Waals surface area contributed by atoms with Crippen molar-refractivity contribution < 1.29 is 8.42 Å². The largest absolute Gasteiger partial charge is 0.316 e. The SMILES string of the molecule is CS(=O)(=O)CCSCCNCC1CCCC1. The first-order valence-electron chi connectivity index (χ1n) is 6.04. The molecule has 1 rings (SSSR count). The predicted octanol–water partition coefficient (Wildman–Crippen LogP) is 1.54. The van der Waals surface area contributed by atoms with Gasteiger partial charge in [-0.1, -0.05) is 12.8 Å². The third kappa shape index (κ3) is 7.52. The molecule has 0 aliphatic heterocycles. The Morgan fingerprint density at radius 3 is 2.56 bits per heavy atom. The normalized spacial score (nSPS) is 18.1. The van der Waals surface area contributed by atoms with Crippen LogP contribution in [0.5, 0.6) is 0 Å². The van der Waals surface area contributed by atoms with E-state index < -0.39 is 9.84 Å². The van der Waals surface area contributed by atoms with Crippen LogP contribution in [-0.2, 0) is 9.84 Å². The second-order valence-electron chi connectivity index (χ2n) is 4.60. The van der Waals surface area contributed by atoms with Crippen LogP contribution in [0.2, 0.25) is 0 Å². The first-order valence-corrected chi connectivity index (χ1v) is 9.25. The molecule has 1 N–H and O–H groups in total. The Morgan fingerprint density at radius 2 is 1.94 bits per heavy atom. The van der Waals surface area contributed by atoms with Gasteiger partial charge in [-0.2, -0.15) is 11.8 Å². The van der Waals surface area contributed by atoms with E-state index in [2.05, 4.69) is 5.32 Å². The Hall–Kier alpha value is 0.260. The Labute approximate surface area is 104 Å². The van der Waals surface area contributed by atoms with Crippen molar-refractivity contribution >= 4 is 21.6 Å². The van der Waals surface area contributed by atoms with E-state index in [1.54, 1.807) is 11.8 Å². The summed E-state index contributed by atoms with van der Waals surface area (Å²) in [5.74, 6) is 2.94. The van der Waals surface area contributed by atoms with E-state index in [9.17, 15) is 8.42 Å². The lowest BCUT2D eigenvalue weighted by atomic mass is 10.1. The molecule has 5 heteroatoms. The minimum Gasteiger partial charge on any atom is -0.316 e. The van der Waals surface area contributed by atoms with Crippen LogP contribution < -0.4 is 5.32 Å². The van der Waals surface area contributed by atoms with Gasteiger partial charge in [-0.25, -0.2) is 8.42 Å². The molecule has 0 spiro atoms. The van der Waals surface area contributed by atoms with E-state index in [1.165, 1.54) is 31.9 Å². The molecule has 1 fully saturated rings. The number of nitrogens with one attached hydrogen (secondary N) is 1. The topological polar surface area (TPSA) is 46.2 Å². The van der Waals surface area contributed by atoms with E-state index in [0.717, 1.165) is 30.5 Å². The molecule has 0 bridgehead atoms. The fourth-order valence-corrected chi connectivity index (χ4v) is 4.15. The Balaban J connectivity index is 1.84. The third-order valence-electron chi connectivity index (χ3n) is 2.93. The molecular formula is C11H23NO2S2. The number of sulfone groups is 1. The first kappa shape index (κ1) is 14.3. The van der Waals surface area contributed by atoms with Crippen molar-refractivity contribution in [1.82, 2.24) is 5.32 Å². The van der Waals surface area contributed by atoms with Gasteiger partial charge in [0, 0.05) is 24.3 Å². The maximum atomic E-state index is 10.9. The Kier molecular flexibility index (Phi) is 6.77. The number of rotatable bonds is 8. The van der Waals surface area contributed by atoms with Gasteiger partial charge in [-0.15, -0.1) is 0 Å². The van der Waals surface area contributed by atoms with Crippen LogP contribution in [0.3, 0.4) is 0 Å². The zero-order valence-electron chi connectivity index (χ0n) is 10.1. The number of hydrogen-bond acceptors (Lipinski definition) is 4. The van der Waals surface area contributed by atoms with Crippen molar-refractivity contribution in [1.29, 1.82) is 0 Å². The highest BCUT2D eigenvalue weighted by atomic mass is 32.2. The van der Waals surface area contributed by atoms with Crippen molar-refractivity contribution in [3.8, 4) is 0 Å². The summed E-state index contributed by atoms with van der Waals surface area (Å²) in [6, 6.07) is 0. The third-order valence-corrected chi connectivity index (χ3v) is 5.12. The van der Waals surface area contributed by atoms with Crippen molar-refractivity contribution in [2.45, 2.75) is 25.7 Å². The molecule has 1 saturated carbocycles. The van der Waals surface area contributed by atoms with Crippen LogP contribution in [-0.4, -0.2) is 45.0 Å². The molecule has 0 heterocycles. The molecule has 1 aliphatic carbocycles. The standard InChI is InChI=1S/C11H23NO2S2/c1-16(13,14)9-8-15-7-6-12-10-11-4-2-3-5-11/h11-12H,2-10H2,1H3. The van der Waals surface area contributed by atoms with Crippen LogP contribution in [0.15, 0.2) is 0 Å². The fraction of sp³-hybridized carbons (Fsp3) is 1.00. The van der Waals surface area contributed by atoms with Gasteiger partial charge < -0.3 is 5.32 Å². The molecular weight excluding hydrogens is 242 g/mol. The molecule has 0 unspecified atom stereocenters. The minimum absolute atomic E-state index is 0.306. The second-order valence-corrected chi connectivity index (χ2v) is 8.08. The van der Waals surface area contributed by atoms with Crippen molar-refractivity contribution in [3.05, 3.63) is 0 Å². The van der Waals surface area contributed by atoms with Gasteiger partial charge in [0.15, 0.2) is 0 Å². The maximum Gasteiger partial charge on any atom is 0.148 e. The summed E-state index contributed by atoms with van der Waals surface area (Å²) in [5.41, 5.74) is 0. The summed E-state index contributed by atoms with van der Waals surface area (Å²) >= 11 is 1.72. The van der Waals surface area contributed by atoms with Gasteiger partial charge >= 0.3 is 0 Å². The predicted molar refractivity (Wildman–Crippen MR) is 71.9 cm³/mol. The lowest BCUT2D eigenvalue weighted by Gasteiger charge is -2.09. The summed E-state index contributed by atoms with van der Waals surface area (Å²) in [6.07, 6.45) is 6.86. The van der Waals surface area contributed by atoms with Gasteiger partial charge in [0.05, 0.1) is 5.75 Å². The molecule has 96 valence electrons. The van der Waals surface area contributed by atoms with Gasteiger partial charge in [0.2, 0.25) is 0 Å². The van der Waals surface area contributed by atoms with Crippen LogP contribution in [0, 0.1) is 5.92 Å². The minimum atomic E-state index is -2.77. The fourth-order valence-electron chi connectivity index (χ4n) is 1.98. The maximum absolute atomic E-state index is 10.9. The number of thioether (sulfide) groups is 1. The van der Waals surface area contributed by atoms with Crippen molar-refractivity contribution in [2.24, 2.45) is 5.92 Å². The lowest BCUT2D eigenvalue weighted by Crippen LogP contribution is -2.23. The van der Waals surface area contributed by atoms with E-state index in [0.29, 0.717) is 5.75 Å². The molecule has 3 nitrogen and oxygen atoms in total. The summed E-state index contributed by atoms with van der Waals surface area (Å²) in [6.45, 7) is 2.15. The Morgan fingerprint density at radius 1 is 1.25 bits per heavy atom. The number of hydrogen-bond donors (Lipinski definition) is 1. The molecule has 0 atom stereocenters. The van der Waals surface area contributed by atoms with E-state index in [-0.39, 0.29) is 0 Å². The van der Waals surface area contributed by atoms with Crippen LogP contribution in [0.1, 0.15) is 25.7 Å². The Bertz CT molecular complexity index is 272. The van der Waals surface area contributed by atoms with Crippen LogP contribution in [0.4, 0.5) is 0 Å². The summed E-state index contributed by atoms with van der Waals surface area (Å²) in [4.78, 5) is 0. The highest BCUT2D eigenvalue weighted by molar-refractivity contribution is 8.00. The van der Waals surface area contributed by atoms with Crippen molar-refractivity contribution in [3.63, 3.8) is 0 Å². The molecule has 0 aromatic carbocycles. The van der Waals surface area contributed by atoms with Gasteiger partial charge in [-0.3, -0.25) is 0 Å². The zero-order chi connectivity index (χ0) is 11.9. The molecule has 1 aliphatic rings. The van der Waals surface area contributed by atoms with Gasteiger partial charge in [0.25, 0.3) is 0 Å². The monoisotopic (exact) mass is 265 g/mol. The van der Waals surface area contributed by atoms with Gasteiger partial charge in [-0.05, 0) is 25.3 Å². The van der Waals surface area contributed by atoms with Gasteiger partial charge in [0.1, 0.15) is 9.84 Å². The van der Waals surface area contributed by atoms with E-state index in [1.807, 2.05) is 0 Å². The zero-order valence-corrected chi connectivity index (χ0v) is 11.7. The average molecular weight is 265 g/mol. The molecule has 0 saturated heterocycles. The molecule has 0 radical (unpaired) electrons. The molecule has 0 aromatic heterocycles. The van der Waals surface area contributed by atoms with E-state index in [4.69, 9.17) is 0 Å². The first-order chi connectivity index (χ1) is 7.58. The smallest absolute Gasteiger partial charge is 0.148 e. The molecule has 0 amide bonds. The van der Waals surface area contributed by atoms with Crippen LogP contribution >= 0.6 is 11.8 Å². The molecule has 0 aromatic rings. The average Bonchev–Trinajstić information content (AvgIpc) is 2.67. The highest BCUT2D eigenvalue weighted by Gasteiger charge is 2.13. The molecule has 16 heavy (non-hydrogen) atoms. The van der Waals surface area contributed by atoms with E-state index >= 15 is 0 Å². The highest BCUT2D eigenvalue weighted by Crippen LogP contribution is 2.23. The van der Waals surface area contributed by atoms with Crippen LogP contribution in [0.25, 0.3) is 0 Å². The lowest BCUT2D eigenvalue weighted by molar-refractivity contribution is 0.500. The van der Waals surface area contributed by atoms with Crippen molar-refractivity contribution in [2.75, 3.05) is 36.6 Å².